The maximum Gasteiger partial charge on any atom is 0.311 e. The minimum absolute atomic E-state index is 0.151. The standard InChI is InChI=1S/C19H21N3O5/c1-4-26-16-9-6-14(7-10-16)19(23)21-20-13(3)15-8-11-18(27-5-2)17(12-15)22(24)25/h6-12H,4-5H2,1-3H3,(H,21,23)/b20-13+. The van der Waals surface area contributed by atoms with Crippen molar-refractivity contribution in [1.29, 1.82) is 0 Å². The van der Waals surface area contributed by atoms with E-state index in [4.69, 9.17) is 9.47 Å². The molecule has 0 heterocycles. The van der Waals surface area contributed by atoms with Gasteiger partial charge in [-0.25, -0.2) is 5.43 Å². The van der Waals surface area contributed by atoms with Crippen molar-refractivity contribution < 1.29 is 19.2 Å². The van der Waals surface area contributed by atoms with E-state index in [1.54, 1.807) is 44.2 Å². The van der Waals surface area contributed by atoms with Crippen molar-refractivity contribution in [2.75, 3.05) is 13.2 Å². The van der Waals surface area contributed by atoms with Gasteiger partial charge in [0.15, 0.2) is 5.75 Å². The average Bonchev–Trinajstić information content (AvgIpc) is 2.67. The zero-order valence-corrected chi connectivity index (χ0v) is 15.4. The molecule has 8 heteroatoms. The van der Waals surface area contributed by atoms with Crippen LogP contribution in [-0.4, -0.2) is 29.8 Å². The first-order valence-electron chi connectivity index (χ1n) is 8.45. The monoisotopic (exact) mass is 371 g/mol. The van der Waals surface area contributed by atoms with Crippen LogP contribution in [0.4, 0.5) is 5.69 Å². The number of carbonyl (C=O) groups excluding carboxylic acids is 1. The highest BCUT2D eigenvalue weighted by atomic mass is 16.6. The number of nitro benzene ring substituents is 1. The van der Waals surface area contributed by atoms with Crippen molar-refractivity contribution in [1.82, 2.24) is 5.43 Å². The normalized spacial score (nSPS) is 11.0. The Kier molecular flexibility index (Phi) is 6.87. The molecule has 27 heavy (non-hydrogen) atoms. The number of hydrazone groups is 1. The van der Waals surface area contributed by atoms with E-state index < -0.39 is 10.8 Å². The van der Waals surface area contributed by atoms with Gasteiger partial charge in [-0.3, -0.25) is 14.9 Å². The molecular formula is C19H21N3O5. The number of amides is 1. The maximum atomic E-state index is 12.2. The molecular weight excluding hydrogens is 350 g/mol. The van der Waals surface area contributed by atoms with E-state index in [2.05, 4.69) is 10.5 Å². The molecule has 0 bridgehead atoms. The molecule has 8 nitrogen and oxygen atoms in total. The zero-order valence-electron chi connectivity index (χ0n) is 15.4. The Morgan fingerprint density at radius 3 is 2.30 bits per heavy atom. The fraction of sp³-hybridized carbons (Fsp3) is 0.263. The molecule has 0 aliphatic rings. The SMILES string of the molecule is CCOc1ccc(C(=O)N/N=C(\C)c2ccc(OCC)c([N+](=O)[O-])c2)cc1. The number of hydrogen-bond donors (Lipinski definition) is 1. The Bertz CT molecular complexity index is 847. The molecule has 0 aliphatic heterocycles. The average molecular weight is 371 g/mol. The first kappa shape index (κ1) is 19.9. The van der Waals surface area contributed by atoms with E-state index in [-0.39, 0.29) is 11.4 Å². The van der Waals surface area contributed by atoms with Gasteiger partial charge >= 0.3 is 5.69 Å². The maximum absolute atomic E-state index is 12.2. The molecule has 0 atom stereocenters. The molecule has 2 aromatic rings. The Morgan fingerprint density at radius 2 is 1.70 bits per heavy atom. The molecule has 1 N–H and O–H groups in total. The highest BCUT2D eigenvalue weighted by Gasteiger charge is 2.16. The summed E-state index contributed by atoms with van der Waals surface area (Å²) in [5.74, 6) is 0.478. The molecule has 0 saturated carbocycles. The molecule has 0 spiro atoms. The number of ether oxygens (including phenoxy) is 2. The lowest BCUT2D eigenvalue weighted by molar-refractivity contribution is -0.385. The number of nitrogens with one attached hydrogen (secondary N) is 1. The summed E-state index contributed by atoms with van der Waals surface area (Å²) >= 11 is 0. The Hall–Kier alpha value is -3.42. The topological polar surface area (TPSA) is 103 Å². The number of rotatable bonds is 8. The fourth-order valence-electron chi connectivity index (χ4n) is 2.30. The minimum atomic E-state index is -0.514. The van der Waals surface area contributed by atoms with E-state index in [9.17, 15) is 14.9 Å². The van der Waals surface area contributed by atoms with Gasteiger partial charge in [0.2, 0.25) is 0 Å². The van der Waals surface area contributed by atoms with E-state index in [1.165, 1.54) is 12.1 Å². The summed E-state index contributed by atoms with van der Waals surface area (Å²) in [6, 6.07) is 11.2. The molecule has 0 fully saturated rings. The van der Waals surface area contributed by atoms with Crippen LogP contribution in [0, 0.1) is 10.1 Å². The van der Waals surface area contributed by atoms with Crippen LogP contribution < -0.4 is 14.9 Å². The van der Waals surface area contributed by atoms with Gasteiger partial charge in [-0.1, -0.05) is 0 Å². The quantitative estimate of drug-likeness (QED) is 0.434. The Balaban J connectivity index is 2.13. The molecule has 0 aromatic heterocycles. The van der Waals surface area contributed by atoms with E-state index in [1.807, 2.05) is 6.92 Å². The lowest BCUT2D eigenvalue weighted by Crippen LogP contribution is -2.19. The van der Waals surface area contributed by atoms with Gasteiger partial charge in [-0.05, 0) is 57.2 Å². The largest absolute Gasteiger partial charge is 0.494 e. The van der Waals surface area contributed by atoms with Crippen LogP contribution in [0.2, 0.25) is 0 Å². The van der Waals surface area contributed by atoms with E-state index in [0.717, 1.165) is 0 Å². The molecule has 2 rings (SSSR count). The number of carbonyl (C=O) groups is 1. The second-order valence-corrected chi connectivity index (χ2v) is 5.47. The lowest BCUT2D eigenvalue weighted by Gasteiger charge is -2.07. The predicted octanol–water partition coefficient (Wildman–Crippen LogP) is 3.55. The second-order valence-electron chi connectivity index (χ2n) is 5.47. The third kappa shape index (κ3) is 5.27. The van der Waals surface area contributed by atoms with Gasteiger partial charge in [0.1, 0.15) is 5.75 Å². The molecule has 142 valence electrons. The Morgan fingerprint density at radius 1 is 1.07 bits per heavy atom. The molecule has 1 amide bonds. The van der Waals surface area contributed by atoms with E-state index >= 15 is 0 Å². The summed E-state index contributed by atoms with van der Waals surface area (Å²) in [6.07, 6.45) is 0. The lowest BCUT2D eigenvalue weighted by atomic mass is 10.1. The summed E-state index contributed by atoms with van der Waals surface area (Å²) in [4.78, 5) is 22.9. The molecule has 2 aromatic carbocycles. The van der Waals surface area contributed by atoms with Crippen LogP contribution in [0.3, 0.4) is 0 Å². The summed E-state index contributed by atoms with van der Waals surface area (Å²) in [7, 11) is 0. The number of benzene rings is 2. The minimum Gasteiger partial charge on any atom is -0.494 e. The second kappa shape index (κ2) is 9.33. The van der Waals surface area contributed by atoms with Crippen LogP contribution in [0.1, 0.15) is 36.7 Å². The third-order valence-corrected chi connectivity index (χ3v) is 3.63. The summed E-state index contributed by atoms with van der Waals surface area (Å²) in [5.41, 5.74) is 3.66. The molecule has 0 aliphatic carbocycles. The highest BCUT2D eigenvalue weighted by Crippen LogP contribution is 2.28. The summed E-state index contributed by atoms with van der Waals surface area (Å²) in [6.45, 7) is 6.15. The van der Waals surface area contributed by atoms with Crippen LogP contribution in [0.5, 0.6) is 11.5 Å². The van der Waals surface area contributed by atoms with Crippen molar-refractivity contribution in [3.8, 4) is 11.5 Å². The zero-order chi connectivity index (χ0) is 19.8. The summed E-state index contributed by atoms with van der Waals surface area (Å²) in [5, 5.41) is 15.2. The molecule has 0 radical (unpaired) electrons. The van der Waals surface area contributed by atoms with Gasteiger partial charge in [0, 0.05) is 17.2 Å². The van der Waals surface area contributed by atoms with Crippen molar-refractivity contribution in [2.45, 2.75) is 20.8 Å². The van der Waals surface area contributed by atoms with Crippen LogP contribution in [0.15, 0.2) is 47.6 Å². The first-order chi connectivity index (χ1) is 13.0. The van der Waals surface area contributed by atoms with Crippen LogP contribution in [0.25, 0.3) is 0 Å². The molecule has 0 saturated heterocycles. The molecule has 0 unspecified atom stereocenters. The number of nitrogens with zero attached hydrogens (tertiary/aromatic N) is 2. The summed E-state index contributed by atoms with van der Waals surface area (Å²) < 4.78 is 10.6. The van der Waals surface area contributed by atoms with Crippen molar-refractivity contribution in [2.24, 2.45) is 5.10 Å². The van der Waals surface area contributed by atoms with Crippen molar-refractivity contribution in [3.05, 3.63) is 63.7 Å². The van der Waals surface area contributed by atoms with Gasteiger partial charge < -0.3 is 9.47 Å². The van der Waals surface area contributed by atoms with Crippen molar-refractivity contribution >= 4 is 17.3 Å². The smallest absolute Gasteiger partial charge is 0.311 e. The number of hydrogen-bond acceptors (Lipinski definition) is 6. The van der Waals surface area contributed by atoms with Gasteiger partial charge in [0.05, 0.1) is 23.8 Å². The van der Waals surface area contributed by atoms with E-state index in [0.29, 0.717) is 35.8 Å². The Labute approximate surface area is 157 Å². The van der Waals surface area contributed by atoms with Gasteiger partial charge in [0.25, 0.3) is 5.91 Å². The van der Waals surface area contributed by atoms with Crippen molar-refractivity contribution in [3.63, 3.8) is 0 Å². The predicted molar refractivity (Wildman–Crippen MR) is 102 cm³/mol. The number of nitro groups is 1. The van der Waals surface area contributed by atoms with Crippen LogP contribution in [-0.2, 0) is 0 Å². The van der Waals surface area contributed by atoms with Gasteiger partial charge in [-0.15, -0.1) is 0 Å². The highest BCUT2D eigenvalue weighted by molar-refractivity contribution is 6.01. The third-order valence-electron chi connectivity index (χ3n) is 3.63. The van der Waals surface area contributed by atoms with Gasteiger partial charge in [-0.2, -0.15) is 5.10 Å². The van der Waals surface area contributed by atoms with Crippen LogP contribution >= 0.6 is 0 Å². The fourth-order valence-corrected chi connectivity index (χ4v) is 2.30. The first-order valence-corrected chi connectivity index (χ1v) is 8.45.